The Morgan fingerprint density at radius 2 is 2.06 bits per heavy atom. The normalized spacial score (nSPS) is 17.4. The number of halogens is 2. The number of nitrogens with one attached hydrogen (secondary N) is 1. The summed E-state index contributed by atoms with van der Waals surface area (Å²) < 4.78 is 19.5. The molecule has 2 rings (SSSR count). The number of hydrogen-bond donors (Lipinski definition) is 1. The summed E-state index contributed by atoms with van der Waals surface area (Å²) in [4.78, 5) is 0. The Bertz CT molecular complexity index is 378. The minimum absolute atomic E-state index is 0.293. The average Bonchev–Trinajstić information content (AvgIpc) is 2.33. The summed E-state index contributed by atoms with van der Waals surface area (Å²) in [5.41, 5.74) is 0.990. The summed E-state index contributed by atoms with van der Waals surface area (Å²) in [5.74, 6) is 0.499. The molecule has 1 aliphatic heterocycles. The van der Waals surface area contributed by atoms with Gasteiger partial charge in [0.15, 0.2) is 11.6 Å². The van der Waals surface area contributed by atoms with Crippen LogP contribution in [0.3, 0.4) is 0 Å². The lowest BCUT2D eigenvalue weighted by Gasteiger charge is -2.24. The molecule has 16 heavy (non-hydrogen) atoms. The molecule has 0 spiro atoms. The van der Waals surface area contributed by atoms with Crippen LogP contribution in [-0.2, 0) is 0 Å². The molecule has 1 aliphatic rings. The molecule has 1 N–H and O–H groups in total. The van der Waals surface area contributed by atoms with Crippen LogP contribution in [0.5, 0.6) is 5.75 Å². The number of piperidine rings is 1. The first-order valence-electron chi connectivity index (χ1n) is 5.46. The largest absolute Gasteiger partial charge is 0.493 e. The zero-order valence-electron chi connectivity index (χ0n) is 9.22. The molecular weight excluding hydrogens is 273 g/mol. The third kappa shape index (κ3) is 2.23. The fourth-order valence-electron chi connectivity index (χ4n) is 2.21. The van der Waals surface area contributed by atoms with Gasteiger partial charge in [-0.05, 0) is 53.8 Å². The van der Waals surface area contributed by atoms with E-state index in [9.17, 15) is 4.39 Å². The van der Waals surface area contributed by atoms with Crippen LogP contribution >= 0.6 is 15.9 Å². The van der Waals surface area contributed by atoms with Gasteiger partial charge < -0.3 is 10.1 Å². The van der Waals surface area contributed by atoms with Gasteiger partial charge in [-0.25, -0.2) is 4.39 Å². The van der Waals surface area contributed by atoms with Crippen molar-refractivity contribution in [1.29, 1.82) is 0 Å². The predicted octanol–water partition coefficient (Wildman–Crippen LogP) is 3.06. The third-order valence-corrected chi connectivity index (χ3v) is 3.68. The second kappa shape index (κ2) is 5.15. The van der Waals surface area contributed by atoms with Crippen LogP contribution in [0.2, 0.25) is 0 Å². The summed E-state index contributed by atoms with van der Waals surface area (Å²) in [7, 11) is 1.52. The minimum Gasteiger partial charge on any atom is -0.493 e. The highest BCUT2D eigenvalue weighted by molar-refractivity contribution is 9.10. The van der Waals surface area contributed by atoms with Crippen molar-refractivity contribution in [3.05, 3.63) is 28.0 Å². The Hall–Kier alpha value is -0.610. The number of benzene rings is 1. The summed E-state index contributed by atoms with van der Waals surface area (Å²) in [6.45, 7) is 1.98. The van der Waals surface area contributed by atoms with Crippen molar-refractivity contribution >= 4 is 15.9 Å². The number of hydrogen-bond acceptors (Lipinski definition) is 2. The van der Waals surface area contributed by atoms with Crippen molar-refractivity contribution in [3.8, 4) is 5.75 Å². The molecule has 1 fully saturated rings. The van der Waals surface area contributed by atoms with Crippen LogP contribution in [-0.4, -0.2) is 20.2 Å². The highest BCUT2D eigenvalue weighted by Crippen LogP contribution is 2.37. The monoisotopic (exact) mass is 287 g/mol. The Morgan fingerprint density at radius 1 is 1.38 bits per heavy atom. The van der Waals surface area contributed by atoms with Crippen molar-refractivity contribution < 1.29 is 9.13 Å². The molecule has 1 heterocycles. The zero-order chi connectivity index (χ0) is 11.5. The van der Waals surface area contributed by atoms with E-state index in [4.69, 9.17) is 4.74 Å². The van der Waals surface area contributed by atoms with Crippen molar-refractivity contribution in [2.45, 2.75) is 18.8 Å². The van der Waals surface area contributed by atoms with E-state index in [0.29, 0.717) is 16.1 Å². The van der Waals surface area contributed by atoms with Crippen LogP contribution in [0.25, 0.3) is 0 Å². The Labute approximate surface area is 103 Å². The second-order valence-electron chi connectivity index (χ2n) is 4.01. The van der Waals surface area contributed by atoms with E-state index in [1.165, 1.54) is 7.11 Å². The molecule has 0 saturated carbocycles. The van der Waals surface area contributed by atoms with E-state index in [2.05, 4.69) is 21.2 Å². The fraction of sp³-hybridized carbons (Fsp3) is 0.500. The van der Waals surface area contributed by atoms with E-state index in [1.807, 2.05) is 6.07 Å². The molecular formula is C12H15BrFNO. The van der Waals surface area contributed by atoms with Crippen molar-refractivity contribution in [1.82, 2.24) is 5.32 Å². The topological polar surface area (TPSA) is 21.3 Å². The lowest BCUT2D eigenvalue weighted by Crippen LogP contribution is -2.26. The Balaban J connectivity index is 2.35. The average molecular weight is 288 g/mol. The van der Waals surface area contributed by atoms with Crippen LogP contribution < -0.4 is 10.1 Å². The molecule has 0 radical (unpaired) electrons. The highest BCUT2D eigenvalue weighted by atomic mass is 79.9. The van der Waals surface area contributed by atoms with Crippen molar-refractivity contribution in [3.63, 3.8) is 0 Å². The maximum Gasteiger partial charge on any atom is 0.179 e. The molecule has 0 aliphatic carbocycles. The quantitative estimate of drug-likeness (QED) is 0.903. The smallest absolute Gasteiger partial charge is 0.179 e. The molecule has 1 aromatic rings. The van der Waals surface area contributed by atoms with Gasteiger partial charge in [0.25, 0.3) is 0 Å². The van der Waals surface area contributed by atoms with E-state index < -0.39 is 0 Å². The summed E-state index contributed by atoms with van der Waals surface area (Å²) >= 11 is 3.18. The van der Waals surface area contributed by atoms with Crippen LogP contribution in [0, 0.1) is 5.82 Å². The van der Waals surface area contributed by atoms with E-state index in [1.54, 1.807) is 6.07 Å². The molecule has 0 unspecified atom stereocenters. The molecule has 0 amide bonds. The number of methoxy groups -OCH3 is 1. The second-order valence-corrected chi connectivity index (χ2v) is 4.86. The lowest BCUT2D eigenvalue weighted by atomic mass is 9.89. The van der Waals surface area contributed by atoms with E-state index in [0.717, 1.165) is 31.5 Å². The standard InChI is InChI=1S/C12H15BrFNO/c1-16-12-9(2-3-10(13)11(12)14)8-4-6-15-7-5-8/h2-3,8,15H,4-7H2,1H3. The van der Waals surface area contributed by atoms with Gasteiger partial charge in [-0.3, -0.25) is 0 Å². The first-order valence-corrected chi connectivity index (χ1v) is 6.26. The minimum atomic E-state index is -0.293. The molecule has 0 atom stereocenters. The van der Waals surface area contributed by atoms with Crippen LogP contribution in [0.15, 0.2) is 16.6 Å². The molecule has 0 bridgehead atoms. The SMILES string of the molecule is COc1c(C2CCNCC2)ccc(Br)c1F. The number of rotatable bonds is 2. The first-order chi connectivity index (χ1) is 7.74. The Morgan fingerprint density at radius 3 is 2.69 bits per heavy atom. The van der Waals surface area contributed by atoms with Gasteiger partial charge in [-0.1, -0.05) is 6.07 Å². The van der Waals surface area contributed by atoms with E-state index in [-0.39, 0.29) is 5.82 Å². The first kappa shape index (κ1) is 11.9. The predicted molar refractivity (Wildman–Crippen MR) is 65.5 cm³/mol. The summed E-state index contributed by atoms with van der Waals surface area (Å²) in [5, 5.41) is 3.30. The van der Waals surface area contributed by atoms with Gasteiger partial charge in [0.05, 0.1) is 11.6 Å². The summed E-state index contributed by atoms with van der Waals surface area (Å²) in [6, 6.07) is 3.72. The van der Waals surface area contributed by atoms with Gasteiger partial charge in [0, 0.05) is 5.56 Å². The molecule has 4 heteroatoms. The van der Waals surface area contributed by atoms with Gasteiger partial charge in [-0.15, -0.1) is 0 Å². The zero-order valence-corrected chi connectivity index (χ0v) is 10.8. The fourth-order valence-corrected chi connectivity index (χ4v) is 2.52. The van der Waals surface area contributed by atoms with Gasteiger partial charge >= 0.3 is 0 Å². The van der Waals surface area contributed by atoms with Crippen molar-refractivity contribution in [2.24, 2.45) is 0 Å². The molecule has 1 aromatic carbocycles. The van der Waals surface area contributed by atoms with Gasteiger partial charge in [0.1, 0.15) is 0 Å². The maximum atomic E-state index is 13.8. The molecule has 88 valence electrons. The van der Waals surface area contributed by atoms with Crippen LogP contribution in [0.4, 0.5) is 4.39 Å². The third-order valence-electron chi connectivity index (χ3n) is 3.06. The highest BCUT2D eigenvalue weighted by Gasteiger charge is 2.22. The van der Waals surface area contributed by atoms with Gasteiger partial charge in [-0.2, -0.15) is 0 Å². The summed E-state index contributed by atoms with van der Waals surface area (Å²) in [6.07, 6.45) is 2.08. The van der Waals surface area contributed by atoms with Gasteiger partial charge in [0.2, 0.25) is 0 Å². The molecule has 1 saturated heterocycles. The van der Waals surface area contributed by atoms with Crippen molar-refractivity contribution in [2.75, 3.05) is 20.2 Å². The van der Waals surface area contributed by atoms with E-state index >= 15 is 0 Å². The molecule has 2 nitrogen and oxygen atoms in total. The Kier molecular flexibility index (Phi) is 3.82. The molecule has 0 aromatic heterocycles. The number of ether oxygens (including phenoxy) is 1. The van der Waals surface area contributed by atoms with Crippen LogP contribution in [0.1, 0.15) is 24.3 Å². The lowest BCUT2D eigenvalue weighted by molar-refractivity contribution is 0.367. The maximum absolute atomic E-state index is 13.8.